The number of hydrogen-bond donors (Lipinski definition) is 1. The van der Waals surface area contributed by atoms with Crippen LogP contribution in [0.1, 0.15) is 10.4 Å². The average molecular weight is 127 g/mol. The normalized spacial score (nSPS) is 8.89. The van der Waals surface area contributed by atoms with E-state index in [-0.39, 0.29) is 5.56 Å². The summed E-state index contributed by atoms with van der Waals surface area (Å²) in [6.45, 7) is 0. The Morgan fingerprint density at radius 1 is 1.67 bits per heavy atom. The lowest BCUT2D eigenvalue weighted by atomic mass is 10.7. The number of aromatic nitrogens is 1. The predicted molar refractivity (Wildman–Crippen MR) is 31.2 cm³/mol. The van der Waals surface area contributed by atoms with Crippen molar-refractivity contribution in [1.82, 2.24) is 4.98 Å². The van der Waals surface area contributed by atoms with E-state index in [1.807, 2.05) is 0 Å². The van der Waals surface area contributed by atoms with Gasteiger partial charge in [-0.25, -0.2) is 4.79 Å². The smallest absolute Gasteiger partial charge is 0.337 e. The maximum Gasteiger partial charge on any atom is 0.337 e. The Kier molecular flexibility index (Phi) is 1.44. The zero-order valence-corrected chi connectivity index (χ0v) is 4.61. The van der Waals surface area contributed by atoms with Crippen LogP contribution in [0.2, 0.25) is 0 Å². The van der Waals surface area contributed by atoms with E-state index in [4.69, 9.17) is 5.11 Å². The summed E-state index contributed by atoms with van der Waals surface area (Å²) in [6, 6.07) is 3.08. The van der Waals surface area contributed by atoms with E-state index in [2.05, 4.69) is 4.98 Å². The van der Waals surface area contributed by atoms with E-state index in [0.29, 0.717) is 0 Å². The molecule has 0 aliphatic rings. The molecular formula is C6H5NO2. The van der Waals surface area contributed by atoms with Gasteiger partial charge in [0.05, 0.1) is 5.56 Å². The van der Waals surface area contributed by atoms with Gasteiger partial charge in [-0.05, 0) is 12.1 Å². The SMILES string of the molecule is O=[13C](O)[13c]1ccc[15n][13cH]1. The minimum absolute atomic E-state index is 0.220. The largest absolute Gasteiger partial charge is 0.478 e. The van der Waals surface area contributed by atoms with Gasteiger partial charge >= 0.3 is 5.97 Å². The highest BCUT2D eigenvalue weighted by molar-refractivity contribution is 5.86. The van der Waals surface area contributed by atoms with Crippen molar-refractivity contribution in [3.8, 4) is 0 Å². The first-order valence-corrected chi connectivity index (χ1v) is 2.44. The topological polar surface area (TPSA) is 50.2 Å². The van der Waals surface area contributed by atoms with Crippen LogP contribution < -0.4 is 0 Å². The highest BCUT2D eigenvalue weighted by Gasteiger charge is 1.97. The number of aromatic carboxylic acids is 1. The van der Waals surface area contributed by atoms with E-state index in [0.717, 1.165) is 0 Å². The summed E-state index contributed by atoms with van der Waals surface area (Å²) in [5, 5.41) is 8.34. The molecule has 0 radical (unpaired) electrons. The molecule has 46 valence electrons. The molecule has 1 aromatic rings. The lowest BCUT2D eigenvalue weighted by Crippen LogP contribution is -1.94. The van der Waals surface area contributed by atoms with Gasteiger partial charge in [-0.15, -0.1) is 0 Å². The van der Waals surface area contributed by atoms with Gasteiger partial charge in [0.2, 0.25) is 0 Å². The minimum Gasteiger partial charge on any atom is -0.478 e. The second-order valence-corrected chi connectivity index (χ2v) is 1.55. The molecule has 1 N–H and O–H groups in total. The highest BCUT2D eigenvalue weighted by atomic mass is 16.5. The minimum atomic E-state index is -0.942. The number of carboxylic acid groups (broad SMARTS) is 1. The molecule has 0 aliphatic carbocycles. The van der Waals surface area contributed by atoms with Crippen LogP contribution in [0, 0.1) is 0 Å². The molecule has 1 heterocycles. The first-order chi connectivity index (χ1) is 4.30. The number of carbonyl (C=O) groups is 1. The summed E-state index contributed by atoms with van der Waals surface area (Å²) < 4.78 is 0. The number of carboxylic acids is 1. The third-order valence-corrected chi connectivity index (χ3v) is 0.908. The van der Waals surface area contributed by atoms with Crippen LogP contribution in [0.3, 0.4) is 0 Å². The third kappa shape index (κ3) is 1.25. The van der Waals surface area contributed by atoms with Crippen LogP contribution in [0.25, 0.3) is 0 Å². The first-order valence-electron chi connectivity index (χ1n) is 2.44. The van der Waals surface area contributed by atoms with Crippen LogP contribution in [-0.2, 0) is 0 Å². The van der Waals surface area contributed by atoms with Crippen molar-refractivity contribution in [3.63, 3.8) is 0 Å². The van der Waals surface area contributed by atoms with Crippen molar-refractivity contribution in [2.24, 2.45) is 0 Å². The Morgan fingerprint density at radius 2 is 2.44 bits per heavy atom. The van der Waals surface area contributed by atoms with Crippen LogP contribution in [-0.4, -0.2) is 16.1 Å². The van der Waals surface area contributed by atoms with Crippen LogP contribution in [0.5, 0.6) is 0 Å². The predicted octanol–water partition coefficient (Wildman–Crippen LogP) is 0.780. The maximum absolute atomic E-state index is 10.2. The molecule has 1 rings (SSSR count). The molecule has 9 heavy (non-hydrogen) atoms. The maximum atomic E-state index is 10.2. The van der Waals surface area contributed by atoms with Gasteiger partial charge in [0, 0.05) is 12.4 Å². The summed E-state index contributed by atoms with van der Waals surface area (Å²) in [5.41, 5.74) is 0.220. The molecule has 0 spiro atoms. The van der Waals surface area contributed by atoms with Gasteiger partial charge in [0.1, 0.15) is 0 Å². The van der Waals surface area contributed by atoms with Gasteiger partial charge < -0.3 is 5.11 Å². The molecule has 0 amide bonds. The Balaban J connectivity index is 2.98. The molecule has 3 nitrogen and oxygen atoms in total. The molecule has 0 saturated carbocycles. The number of hydrogen-bond acceptors (Lipinski definition) is 2. The van der Waals surface area contributed by atoms with E-state index in [1.54, 1.807) is 6.07 Å². The molecule has 0 fully saturated rings. The van der Waals surface area contributed by atoms with Crippen molar-refractivity contribution in [3.05, 3.63) is 30.1 Å². The Morgan fingerprint density at radius 3 is 2.78 bits per heavy atom. The third-order valence-electron chi connectivity index (χ3n) is 0.908. The molecule has 3 heteroatoms. The van der Waals surface area contributed by atoms with E-state index in [9.17, 15) is 4.79 Å². The number of pyridine rings is 1. The van der Waals surface area contributed by atoms with Gasteiger partial charge in [0.25, 0.3) is 0 Å². The summed E-state index contributed by atoms with van der Waals surface area (Å²) in [4.78, 5) is 13.8. The highest BCUT2D eigenvalue weighted by Crippen LogP contribution is 1.92. The zero-order chi connectivity index (χ0) is 6.69. The van der Waals surface area contributed by atoms with Gasteiger partial charge in [-0.3, -0.25) is 4.98 Å². The molecule has 0 atom stereocenters. The summed E-state index contributed by atoms with van der Waals surface area (Å²) in [5.74, 6) is -0.942. The molecule has 0 saturated heterocycles. The molecule has 1 aromatic heterocycles. The van der Waals surface area contributed by atoms with Crippen molar-refractivity contribution >= 4 is 5.97 Å². The van der Waals surface area contributed by atoms with Crippen molar-refractivity contribution in [2.45, 2.75) is 0 Å². The second-order valence-electron chi connectivity index (χ2n) is 1.55. The van der Waals surface area contributed by atoms with Gasteiger partial charge in [0.15, 0.2) is 0 Å². The van der Waals surface area contributed by atoms with Gasteiger partial charge in [-0.2, -0.15) is 0 Å². The van der Waals surface area contributed by atoms with Crippen LogP contribution in [0.4, 0.5) is 0 Å². The van der Waals surface area contributed by atoms with Crippen LogP contribution in [0.15, 0.2) is 24.5 Å². The fraction of sp³-hybridized carbons (Fsp3) is 0. The molecule has 0 bridgehead atoms. The number of nitrogens with zero attached hydrogens (tertiary/aromatic N) is 1. The molecule has 0 aromatic carbocycles. The Bertz CT molecular complexity index is 208. The van der Waals surface area contributed by atoms with Crippen molar-refractivity contribution < 1.29 is 9.90 Å². The molecule has 0 aliphatic heterocycles. The summed E-state index contributed by atoms with van der Waals surface area (Å²) in [6.07, 6.45) is 2.84. The van der Waals surface area contributed by atoms with Crippen molar-refractivity contribution in [1.29, 1.82) is 0 Å². The Labute approximate surface area is 52.0 Å². The molecular weight excluding hydrogens is 122 g/mol. The number of rotatable bonds is 1. The van der Waals surface area contributed by atoms with Crippen LogP contribution >= 0.6 is 0 Å². The summed E-state index contributed by atoms with van der Waals surface area (Å²) >= 11 is 0. The fourth-order valence-electron chi connectivity index (χ4n) is 0.489. The second kappa shape index (κ2) is 2.26. The first kappa shape index (κ1) is 5.75. The quantitative estimate of drug-likeness (QED) is 0.567. The van der Waals surface area contributed by atoms with E-state index < -0.39 is 5.97 Å². The van der Waals surface area contributed by atoms with Gasteiger partial charge in [-0.1, -0.05) is 0 Å². The lowest BCUT2D eigenvalue weighted by molar-refractivity contribution is 0.0696. The molecule has 0 unspecified atom stereocenters. The zero-order valence-electron chi connectivity index (χ0n) is 4.61. The van der Waals surface area contributed by atoms with E-state index in [1.165, 1.54) is 18.5 Å². The monoisotopic (exact) mass is 127 g/mol. The van der Waals surface area contributed by atoms with Crippen molar-refractivity contribution in [2.75, 3.05) is 0 Å². The summed E-state index contributed by atoms with van der Waals surface area (Å²) in [7, 11) is 0. The Hall–Kier alpha value is -1.38. The lowest BCUT2D eigenvalue weighted by Gasteiger charge is -1.87. The average Bonchev–Trinajstić information content (AvgIpc) is 1.90. The standard InChI is InChI=1S/C6H5NO2/c8-6(9)5-2-1-3-7-4-5/h1-4H,(H,8,9)/i4+1,5+1,6+1,7+1. The fourth-order valence-corrected chi connectivity index (χ4v) is 0.489. The van der Waals surface area contributed by atoms with E-state index >= 15 is 0 Å².